The Bertz CT molecular complexity index is 638. The molecule has 2 fully saturated rings. The minimum atomic E-state index is -0.467. The van der Waals surface area contributed by atoms with E-state index in [0.717, 1.165) is 44.5 Å². The highest BCUT2D eigenvalue weighted by atomic mass is 35.5. The molecule has 1 heterocycles. The maximum absolute atomic E-state index is 12.9. The van der Waals surface area contributed by atoms with Gasteiger partial charge in [-0.25, -0.2) is 0 Å². The van der Waals surface area contributed by atoms with Gasteiger partial charge in [-0.2, -0.15) is 0 Å². The molecule has 3 N–H and O–H groups in total. The first-order chi connectivity index (χ1) is 11.5. The van der Waals surface area contributed by atoms with Crippen molar-refractivity contribution >= 4 is 29.9 Å². The number of carbonyl (C=O) groups is 2. The molecule has 3 rings (SSSR count). The van der Waals surface area contributed by atoms with E-state index in [1.54, 1.807) is 0 Å². The van der Waals surface area contributed by atoms with Gasteiger partial charge in [-0.3, -0.25) is 9.59 Å². The molecule has 1 aromatic carbocycles. The monoisotopic (exact) mass is 365 g/mol. The summed E-state index contributed by atoms with van der Waals surface area (Å²) in [6, 6.07) is 5.98. The fraction of sp³-hybridized carbons (Fsp3) is 0.579. The van der Waals surface area contributed by atoms with Crippen molar-refractivity contribution in [3.8, 4) is 0 Å². The zero-order chi connectivity index (χ0) is 17.2. The Morgan fingerprint density at radius 3 is 2.40 bits per heavy atom. The summed E-state index contributed by atoms with van der Waals surface area (Å²) in [5.41, 5.74) is 2.75. The van der Waals surface area contributed by atoms with Crippen LogP contribution in [-0.4, -0.2) is 31.4 Å². The van der Waals surface area contributed by atoms with Gasteiger partial charge in [0.1, 0.15) is 0 Å². The maximum Gasteiger partial charge on any atom is 0.232 e. The molecule has 1 aliphatic carbocycles. The van der Waals surface area contributed by atoms with Crippen LogP contribution in [0.4, 0.5) is 5.69 Å². The summed E-state index contributed by atoms with van der Waals surface area (Å²) < 4.78 is 0. The molecule has 1 saturated carbocycles. The number of amides is 2. The van der Waals surface area contributed by atoms with Gasteiger partial charge in [-0.05, 0) is 49.9 Å². The summed E-state index contributed by atoms with van der Waals surface area (Å²) in [5, 5.41) is 9.19. The average Bonchev–Trinajstić information content (AvgIpc) is 2.97. The topological polar surface area (TPSA) is 70.2 Å². The Morgan fingerprint density at radius 2 is 1.84 bits per heavy atom. The molecule has 2 aliphatic rings. The lowest BCUT2D eigenvalue weighted by molar-refractivity contribution is -0.129. The molecule has 25 heavy (non-hydrogen) atoms. The first kappa shape index (κ1) is 19.7. The van der Waals surface area contributed by atoms with Crippen LogP contribution in [-0.2, 0) is 9.59 Å². The molecule has 1 saturated heterocycles. The molecule has 5 nitrogen and oxygen atoms in total. The largest absolute Gasteiger partial charge is 0.355 e. The predicted molar refractivity (Wildman–Crippen MR) is 102 cm³/mol. The second-order valence-corrected chi connectivity index (χ2v) is 7.31. The van der Waals surface area contributed by atoms with Crippen molar-refractivity contribution in [1.29, 1.82) is 0 Å². The van der Waals surface area contributed by atoms with Gasteiger partial charge >= 0.3 is 0 Å². The molecule has 1 aromatic rings. The molecule has 6 heteroatoms. The van der Waals surface area contributed by atoms with Crippen LogP contribution in [0, 0.1) is 25.2 Å². The van der Waals surface area contributed by atoms with Crippen molar-refractivity contribution in [3.05, 3.63) is 29.3 Å². The number of nitrogens with one attached hydrogen (secondary N) is 3. The van der Waals surface area contributed by atoms with Gasteiger partial charge < -0.3 is 16.0 Å². The Hall–Kier alpha value is -1.59. The van der Waals surface area contributed by atoms with Gasteiger partial charge in [0.15, 0.2) is 0 Å². The Morgan fingerprint density at radius 1 is 1.16 bits per heavy atom. The number of rotatable bonds is 5. The van der Waals surface area contributed by atoms with Gasteiger partial charge in [0.05, 0.1) is 11.3 Å². The molecule has 0 spiro atoms. The summed E-state index contributed by atoms with van der Waals surface area (Å²) in [5.74, 6) is 0.167. The zero-order valence-corrected chi connectivity index (χ0v) is 15.8. The summed E-state index contributed by atoms with van der Waals surface area (Å²) >= 11 is 0. The fourth-order valence-corrected chi connectivity index (χ4v) is 3.49. The highest BCUT2D eigenvalue weighted by Gasteiger charge is 2.42. The fourth-order valence-electron chi connectivity index (χ4n) is 3.49. The predicted octanol–water partition coefficient (Wildman–Crippen LogP) is 2.56. The molecule has 0 bridgehead atoms. The van der Waals surface area contributed by atoms with E-state index in [1.807, 2.05) is 25.1 Å². The van der Waals surface area contributed by atoms with Crippen molar-refractivity contribution in [2.45, 2.75) is 39.5 Å². The van der Waals surface area contributed by atoms with Crippen molar-refractivity contribution < 1.29 is 9.59 Å². The molecule has 0 radical (unpaired) electrons. The number of benzene rings is 1. The summed E-state index contributed by atoms with van der Waals surface area (Å²) in [6.07, 6.45) is 3.77. The third-order valence-electron chi connectivity index (χ3n) is 5.56. The maximum atomic E-state index is 12.9. The number of anilines is 1. The van der Waals surface area contributed by atoms with Gasteiger partial charge in [0, 0.05) is 25.3 Å². The highest BCUT2D eigenvalue weighted by Crippen LogP contribution is 2.38. The van der Waals surface area contributed by atoms with E-state index in [4.69, 9.17) is 0 Å². The van der Waals surface area contributed by atoms with Crippen molar-refractivity contribution in [2.75, 3.05) is 25.0 Å². The van der Waals surface area contributed by atoms with Crippen LogP contribution in [0.25, 0.3) is 0 Å². The van der Waals surface area contributed by atoms with Crippen LogP contribution < -0.4 is 16.0 Å². The molecule has 0 aromatic heterocycles. The van der Waals surface area contributed by atoms with E-state index in [0.29, 0.717) is 6.54 Å². The number of hydrogen-bond acceptors (Lipinski definition) is 3. The average molecular weight is 366 g/mol. The van der Waals surface area contributed by atoms with Crippen LogP contribution in [0.1, 0.15) is 36.8 Å². The highest BCUT2D eigenvalue weighted by molar-refractivity contribution is 5.96. The second-order valence-electron chi connectivity index (χ2n) is 7.31. The standard InChI is InChI=1S/C19H27N3O2.ClH/c1-13-5-6-16(9-14(13)2)22-18(24)19(7-3-4-8-19)12-21-17(23)15-10-20-11-15;/h5-6,9,15,20H,3-4,7-8,10-12H2,1-2H3,(H,21,23)(H,22,24);1H. The first-order valence-electron chi connectivity index (χ1n) is 8.87. The van der Waals surface area contributed by atoms with E-state index >= 15 is 0 Å². The smallest absolute Gasteiger partial charge is 0.232 e. The summed E-state index contributed by atoms with van der Waals surface area (Å²) in [6.45, 7) is 6.04. The van der Waals surface area contributed by atoms with E-state index in [1.165, 1.54) is 11.1 Å². The molecule has 0 atom stereocenters. The SMILES string of the molecule is Cc1ccc(NC(=O)C2(CNC(=O)C3CNC3)CCCC2)cc1C.Cl. The Labute approximate surface area is 155 Å². The van der Waals surface area contributed by atoms with Crippen molar-refractivity contribution in [1.82, 2.24) is 10.6 Å². The van der Waals surface area contributed by atoms with Crippen molar-refractivity contribution in [2.24, 2.45) is 11.3 Å². The molecule has 138 valence electrons. The Balaban J connectivity index is 0.00000225. The van der Waals surface area contributed by atoms with Crippen LogP contribution in [0.5, 0.6) is 0 Å². The minimum absolute atomic E-state index is 0. The number of halogens is 1. The molecular weight excluding hydrogens is 338 g/mol. The molecule has 2 amide bonds. The van der Waals surface area contributed by atoms with Gasteiger partial charge in [-0.15, -0.1) is 12.4 Å². The van der Waals surface area contributed by atoms with Gasteiger partial charge in [0.25, 0.3) is 0 Å². The van der Waals surface area contributed by atoms with Crippen LogP contribution in [0.2, 0.25) is 0 Å². The van der Waals surface area contributed by atoms with E-state index in [-0.39, 0.29) is 30.1 Å². The first-order valence-corrected chi connectivity index (χ1v) is 8.87. The molecular formula is C19H28ClN3O2. The lowest BCUT2D eigenvalue weighted by Crippen LogP contribution is -2.53. The van der Waals surface area contributed by atoms with E-state index in [9.17, 15) is 9.59 Å². The number of aryl methyl sites for hydroxylation is 2. The van der Waals surface area contributed by atoms with Crippen molar-refractivity contribution in [3.63, 3.8) is 0 Å². The molecule has 0 unspecified atom stereocenters. The zero-order valence-electron chi connectivity index (χ0n) is 15.0. The van der Waals surface area contributed by atoms with Crippen LogP contribution in [0.3, 0.4) is 0 Å². The van der Waals surface area contributed by atoms with E-state index < -0.39 is 5.41 Å². The lowest BCUT2D eigenvalue weighted by atomic mass is 9.84. The van der Waals surface area contributed by atoms with Gasteiger partial charge in [-0.1, -0.05) is 18.9 Å². The van der Waals surface area contributed by atoms with Gasteiger partial charge in [0.2, 0.25) is 11.8 Å². The third kappa shape index (κ3) is 4.33. The Kier molecular flexibility index (Phi) is 6.47. The van der Waals surface area contributed by atoms with Crippen LogP contribution in [0.15, 0.2) is 18.2 Å². The van der Waals surface area contributed by atoms with Crippen LogP contribution >= 0.6 is 12.4 Å². The number of hydrogen-bond donors (Lipinski definition) is 3. The number of carbonyl (C=O) groups excluding carboxylic acids is 2. The third-order valence-corrected chi connectivity index (χ3v) is 5.56. The lowest BCUT2D eigenvalue weighted by Gasteiger charge is -2.31. The quantitative estimate of drug-likeness (QED) is 0.751. The normalized spacial score (nSPS) is 18.8. The second kappa shape index (κ2) is 8.19. The van der Waals surface area contributed by atoms with E-state index in [2.05, 4.69) is 22.9 Å². The summed E-state index contributed by atoms with van der Waals surface area (Å²) in [4.78, 5) is 25.0. The summed E-state index contributed by atoms with van der Waals surface area (Å²) in [7, 11) is 0. The molecule has 1 aliphatic heterocycles. The minimum Gasteiger partial charge on any atom is -0.355 e.